The van der Waals surface area contributed by atoms with Crippen molar-refractivity contribution in [3.05, 3.63) is 36.0 Å². The number of benzene rings is 1. The Morgan fingerprint density at radius 2 is 2.17 bits per heavy atom. The molecular weight excluding hydrogens is 311 g/mol. The molecule has 9 heteroatoms. The third-order valence-electron chi connectivity index (χ3n) is 3.90. The Balaban J connectivity index is 1.86. The van der Waals surface area contributed by atoms with Gasteiger partial charge >= 0.3 is 0 Å². The van der Waals surface area contributed by atoms with E-state index in [2.05, 4.69) is 42.8 Å². The van der Waals surface area contributed by atoms with Crippen LogP contribution < -0.4 is 10.2 Å². The Hall–Kier alpha value is -2.99. The molecule has 8 nitrogen and oxygen atoms in total. The van der Waals surface area contributed by atoms with Gasteiger partial charge in [0.05, 0.1) is 11.4 Å². The summed E-state index contributed by atoms with van der Waals surface area (Å²) in [6.45, 7) is 3.46. The number of allylic oxidation sites excluding steroid dienone is 1. The van der Waals surface area contributed by atoms with Crippen LogP contribution >= 0.6 is 0 Å². The number of H-pyrrole nitrogens is 1. The van der Waals surface area contributed by atoms with E-state index in [4.69, 9.17) is 0 Å². The maximum absolute atomic E-state index is 14.3. The Labute approximate surface area is 138 Å². The molecular formula is C15H17FN8. The number of nitrogens with one attached hydrogen (secondary N) is 2. The number of halogens is 1. The number of tetrazole rings is 1. The number of aromatic nitrogens is 4. The smallest absolute Gasteiger partial charge is 0.216 e. The van der Waals surface area contributed by atoms with Gasteiger partial charge < -0.3 is 15.1 Å². The van der Waals surface area contributed by atoms with Gasteiger partial charge in [0.1, 0.15) is 17.5 Å². The molecule has 0 amide bonds. The minimum Gasteiger partial charge on any atom is -0.367 e. The van der Waals surface area contributed by atoms with Gasteiger partial charge in [-0.15, -0.1) is 10.2 Å². The number of piperazine rings is 1. The normalized spacial score (nSPS) is 16.0. The molecule has 0 atom stereocenters. The van der Waals surface area contributed by atoms with Crippen molar-refractivity contribution < 1.29 is 4.39 Å². The first-order valence-electron chi connectivity index (χ1n) is 7.51. The molecule has 3 rings (SSSR count). The van der Waals surface area contributed by atoms with E-state index in [1.807, 2.05) is 12.1 Å². The van der Waals surface area contributed by atoms with Gasteiger partial charge in [0.2, 0.25) is 5.82 Å². The molecule has 0 spiro atoms. The second kappa shape index (κ2) is 7.06. The summed E-state index contributed by atoms with van der Waals surface area (Å²) in [6.07, 6.45) is 1.39. The average molecular weight is 328 g/mol. The first kappa shape index (κ1) is 15.9. The largest absolute Gasteiger partial charge is 0.367 e. The molecule has 0 bridgehead atoms. The molecule has 2 aromatic rings. The molecule has 124 valence electrons. The van der Waals surface area contributed by atoms with Gasteiger partial charge in [-0.1, -0.05) is 6.07 Å². The summed E-state index contributed by atoms with van der Waals surface area (Å²) in [5.74, 6) is -0.226. The standard InChI is InChI=1S/C15H17FN8/c1-23-5-7-24(8-6-23)13-4-2-3-12(16)14(13)18-10-11(9-17)15-19-21-22-20-15/h2-4,10,18H,5-8H2,1H3,(H,19,20,21,22). The lowest BCUT2D eigenvalue weighted by Crippen LogP contribution is -2.44. The van der Waals surface area contributed by atoms with Crippen LogP contribution in [0.2, 0.25) is 0 Å². The van der Waals surface area contributed by atoms with Crippen molar-refractivity contribution in [2.24, 2.45) is 0 Å². The highest BCUT2D eigenvalue weighted by Gasteiger charge is 2.19. The molecule has 2 heterocycles. The van der Waals surface area contributed by atoms with Crippen LogP contribution in [0.4, 0.5) is 15.8 Å². The maximum Gasteiger partial charge on any atom is 0.216 e. The van der Waals surface area contributed by atoms with Gasteiger partial charge in [-0.3, -0.25) is 0 Å². The Morgan fingerprint density at radius 3 is 2.83 bits per heavy atom. The number of hydrogen-bond acceptors (Lipinski definition) is 7. The van der Waals surface area contributed by atoms with Gasteiger partial charge in [0, 0.05) is 32.4 Å². The number of nitrogens with zero attached hydrogens (tertiary/aromatic N) is 6. The molecule has 24 heavy (non-hydrogen) atoms. The van der Waals surface area contributed by atoms with Crippen molar-refractivity contribution >= 4 is 16.9 Å². The topological polar surface area (TPSA) is 96.8 Å². The summed E-state index contributed by atoms with van der Waals surface area (Å²) < 4.78 is 14.3. The van der Waals surface area contributed by atoms with Gasteiger partial charge in [0.15, 0.2) is 0 Å². The molecule has 1 aromatic carbocycles. The molecule has 1 fully saturated rings. The van der Waals surface area contributed by atoms with Crippen molar-refractivity contribution in [3.63, 3.8) is 0 Å². The first-order valence-corrected chi connectivity index (χ1v) is 7.51. The van der Waals surface area contributed by atoms with E-state index in [-0.39, 0.29) is 17.2 Å². The summed E-state index contributed by atoms with van der Waals surface area (Å²) >= 11 is 0. The van der Waals surface area contributed by atoms with Crippen LogP contribution in [0, 0.1) is 17.1 Å². The SMILES string of the molecule is CN1CCN(c2cccc(F)c2NC=C(C#N)c2nn[nH]n2)CC1. The summed E-state index contributed by atoms with van der Waals surface area (Å²) in [5, 5.41) is 25.3. The lowest BCUT2D eigenvalue weighted by Gasteiger charge is -2.35. The fourth-order valence-corrected chi connectivity index (χ4v) is 2.53. The molecule has 2 N–H and O–H groups in total. The minimum absolute atomic E-state index is 0.155. The second-order valence-corrected chi connectivity index (χ2v) is 5.47. The molecule has 1 aliphatic rings. The van der Waals surface area contributed by atoms with Crippen LogP contribution in [0.1, 0.15) is 5.82 Å². The van der Waals surface area contributed by atoms with E-state index in [0.29, 0.717) is 5.69 Å². The number of rotatable bonds is 4. The number of aromatic amines is 1. The van der Waals surface area contributed by atoms with Crippen molar-refractivity contribution in [1.82, 2.24) is 25.5 Å². The summed E-state index contributed by atoms with van der Waals surface area (Å²) in [5.41, 5.74) is 1.26. The number of likely N-dealkylation sites (N-methyl/N-ethyl adjacent to an activating group) is 1. The van der Waals surface area contributed by atoms with E-state index in [0.717, 1.165) is 31.9 Å². The second-order valence-electron chi connectivity index (χ2n) is 5.47. The molecule has 1 aromatic heterocycles. The predicted molar refractivity (Wildman–Crippen MR) is 87.5 cm³/mol. The van der Waals surface area contributed by atoms with E-state index < -0.39 is 0 Å². The van der Waals surface area contributed by atoms with Crippen LogP contribution in [-0.4, -0.2) is 58.8 Å². The highest BCUT2D eigenvalue weighted by molar-refractivity contribution is 5.78. The number of nitriles is 1. The number of anilines is 2. The van der Waals surface area contributed by atoms with Gasteiger partial charge in [-0.05, 0) is 24.4 Å². The third kappa shape index (κ3) is 3.33. The summed E-state index contributed by atoms with van der Waals surface area (Å²) in [6, 6.07) is 6.90. The summed E-state index contributed by atoms with van der Waals surface area (Å²) in [7, 11) is 2.06. The first-order chi connectivity index (χ1) is 11.7. The molecule has 0 saturated carbocycles. The maximum atomic E-state index is 14.3. The van der Waals surface area contributed by atoms with E-state index in [1.165, 1.54) is 12.3 Å². The Kier molecular flexibility index (Phi) is 4.67. The van der Waals surface area contributed by atoms with Crippen LogP contribution in [0.25, 0.3) is 5.57 Å². The molecule has 0 unspecified atom stereocenters. The van der Waals surface area contributed by atoms with Crippen molar-refractivity contribution in [2.75, 3.05) is 43.4 Å². The van der Waals surface area contributed by atoms with E-state index >= 15 is 0 Å². The zero-order valence-corrected chi connectivity index (χ0v) is 13.2. The lowest BCUT2D eigenvalue weighted by molar-refractivity contribution is 0.313. The predicted octanol–water partition coefficient (Wildman–Crippen LogP) is 1.07. The molecule has 0 radical (unpaired) electrons. The van der Waals surface area contributed by atoms with Crippen molar-refractivity contribution in [3.8, 4) is 6.07 Å². The van der Waals surface area contributed by atoms with Gasteiger partial charge in [0.25, 0.3) is 0 Å². The monoisotopic (exact) mass is 328 g/mol. The zero-order chi connectivity index (χ0) is 16.9. The van der Waals surface area contributed by atoms with Crippen LogP contribution in [0.3, 0.4) is 0 Å². The van der Waals surface area contributed by atoms with Crippen molar-refractivity contribution in [1.29, 1.82) is 5.26 Å². The van der Waals surface area contributed by atoms with Crippen LogP contribution in [-0.2, 0) is 0 Å². The minimum atomic E-state index is -0.381. The molecule has 0 aliphatic carbocycles. The molecule has 1 saturated heterocycles. The van der Waals surface area contributed by atoms with Crippen molar-refractivity contribution in [2.45, 2.75) is 0 Å². The fourth-order valence-electron chi connectivity index (χ4n) is 2.53. The number of hydrogen-bond donors (Lipinski definition) is 2. The third-order valence-corrected chi connectivity index (χ3v) is 3.90. The van der Waals surface area contributed by atoms with Crippen LogP contribution in [0.15, 0.2) is 24.4 Å². The zero-order valence-electron chi connectivity index (χ0n) is 13.2. The Bertz CT molecular complexity index is 756. The fraction of sp³-hybridized carbons (Fsp3) is 0.333. The van der Waals surface area contributed by atoms with E-state index in [1.54, 1.807) is 6.07 Å². The lowest BCUT2D eigenvalue weighted by atomic mass is 10.2. The van der Waals surface area contributed by atoms with Crippen LogP contribution in [0.5, 0.6) is 0 Å². The molecule has 1 aliphatic heterocycles. The Morgan fingerprint density at radius 1 is 1.38 bits per heavy atom. The summed E-state index contributed by atoms with van der Waals surface area (Å²) in [4.78, 5) is 4.35. The van der Waals surface area contributed by atoms with E-state index in [9.17, 15) is 9.65 Å². The van der Waals surface area contributed by atoms with Gasteiger partial charge in [-0.25, -0.2) is 4.39 Å². The highest BCUT2D eigenvalue weighted by atomic mass is 19.1. The average Bonchev–Trinajstić information content (AvgIpc) is 3.12. The number of para-hydroxylation sites is 1. The quantitative estimate of drug-likeness (QED) is 0.810. The highest BCUT2D eigenvalue weighted by Crippen LogP contribution is 2.30. The van der Waals surface area contributed by atoms with Gasteiger partial charge in [-0.2, -0.15) is 10.5 Å².